The Balaban J connectivity index is 1.92. The number of carbonyl (C=O) groups is 1. The molecule has 0 spiro atoms. The number of likely N-dealkylation sites (tertiary alicyclic amines) is 1. The number of carbonyl (C=O) groups excluding carboxylic acids is 1. The summed E-state index contributed by atoms with van der Waals surface area (Å²) in [5.74, 6) is 1.41. The molecule has 2 rings (SSSR count). The molecule has 4 nitrogen and oxygen atoms in total. The number of primary amides is 1. The molecule has 0 radical (unpaired) electrons. The van der Waals surface area contributed by atoms with Gasteiger partial charge >= 0.3 is 0 Å². The summed E-state index contributed by atoms with van der Waals surface area (Å²) in [6, 6.07) is 0.657. The highest BCUT2D eigenvalue weighted by atomic mass is 16.1. The van der Waals surface area contributed by atoms with Crippen LogP contribution in [0.2, 0.25) is 0 Å². The molecule has 3 atom stereocenters. The second kappa shape index (κ2) is 4.49. The van der Waals surface area contributed by atoms with Crippen LogP contribution in [0.1, 0.15) is 19.8 Å². The van der Waals surface area contributed by atoms with Gasteiger partial charge in [0.2, 0.25) is 5.91 Å². The van der Waals surface area contributed by atoms with Crippen molar-refractivity contribution in [3.8, 4) is 0 Å². The Morgan fingerprint density at radius 1 is 1.53 bits per heavy atom. The molecule has 2 aliphatic heterocycles. The quantitative estimate of drug-likeness (QED) is 0.676. The van der Waals surface area contributed by atoms with Gasteiger partial charge in [-0.05, 0) is 31.3 Å². The summed E-state index contributed by atoms with van der Waals surface area (Å²) < 4.78 is 0. The fraction of sp³-hybridized carbons (Fsp3) is 0.909. The monoisotopic (exact) mass is 211 g/mol. The first kappa shape index (κ1) is 10.9. The summed E-state index contributed by atoms with van der Waals surface area (Å²) in [7, 11) is 0. The molecule has 2 heterocycles. The van der Waals surface area contributed by atoms with Gasteiger partial charge in [0.1, 0.15) is 0 Å². The second-order valence-corrected chi connectivity index (χ2v) is 4.77. The zero-order valence-corrected chi connectivity index (χ0v) is 9.41. The molecule has 86 valence electrons. The van der Waals surface area contributed by atoms with Gasteiger partial charge in [-0.1, -0.05) is 6.92 Å². The maximum Gasteiger partial charge on any atom is 0.218 e. The molecule has 3 unspecified atom stereocenters. The van der Waals surface area contributed by atoms with Crippen molar-refractivity contribution < 1.29 is 4.79 Å². The minimum atomic E-state index is -0.181. The molecular weight excluding hydrogens is 190 g/mol. The lowest BCUT2D eigenvalue weighted by molar-refractivity contribution is -0.118. The van der Waals surface area contributed by atoms with E-state index in [1.165, 1.54) is 6.42 Å². The smallest absolute Gasteiger partial charge is 0.218 e. The van der Waals surface area contributed by atoms with Gasteiger partial charge in [-0.15, -0.1) is 0 Å². The third-order valence-corrected chi connectivity index (χ3v) is 3.89. The lowest BCUT2D eigenvalue weighted by Gasteiger charge is -2.26. The Morgan fingerprint density at radius 2 is 2.33 bits per heavy atom. The van der Waals surface area contributed by atoms with Crippen molar-refractivity contribution in [1.29, 1.82) is 0 Å². The van der Waals surface area contributed by atoms with Crippen molar-refractivity contribution >= 4 is 5.91 Å². The van der Waals surface area contributed by atoms with E-state index < -0.39 is 0 Å². The molecule has 0 aromatic rings. The minimum absolute atomic E-state index is 0.181. The molecule has 4 heteroatoms. The van der Waals surface area contributed by atoms with Crippen molar-refractivity contribution in [3.05, 3.63) is 0 Å². The maximum atomic E-state index is 10.8. The van der Waals surface area contributed by atoms with Crippen LogP contribution in [0.15, 0.2) is 0 Å². The Kier molecular flexibility index (Phi) is 3.26. The predicted octanol–water partition coefficient (Wildman–Crippen LogP) is -0.208. The van der Waals surface area contributed by atoms with Crippen molar-refractivity contribution in [1.82, 2.24) is 10.2 Å². The van der Waals surface area contributed by atoms with E-state index in [0.717, 1.165) is 38.0 Å². The Hall–Kier alpha value is -0.610. The molecule has 0 aliphatic carbocycles. The van der Waals surface area contributed by atoms with Crippen LogP contribution in [0.4, 0.5) is 0 Å². The first-order valence-electron chi connectivity index (χ1n) is 5.95. The van der Waals surface area contributed by atoms with Gasteiger partial charge < -0.3 is 11.1 Å². The first-order chi connectivity index (χ1) is 7.22. The highest BCUT2D eigenvalue weighted by molar-refractivity contribution is 5.73. The van der Waals surface area contributed by atoms with Crippen molar-refractivity contribution in [3.63, 3.8) is 0 Å². The Morgan fingerprint density at radius 3 is 3.00 bits per heavy atom. The average molecular weight is 211 g/mol. The molecule has 0 saturated carbocycles. The maximum absolute atomic E-state index is 10.8. The lowest BCUT2D eigenvalue weighted by atomic mass is 9.93. The molecule has 0 aromatic heterocycles. The third kappa shape index (κ3) is 2.16. The van der Waals surface area contributed by atoms with Gasteiger partial charge in [0.15, 0.2) is 0 Å². The zero-order valence-electron chi connectivity index (χ0n) is 9.41. The number of hydrogen-bond donors (Lipinski definition) is 2. The van der Waals surface area contributed by atoms with E-state index in [1.807, 2.05) is 0 Å². The van der Waals surface area contributed by atoms with Crippen LogP contribution in [-0.2, 0) is 4.79 Å². The standard InChI is InChI=1S/C11H21N3O/c1-2-10-9-6-13-5-8(9)7-14(10)4-3-11(12)15/h8-10,13H,2-7H2,1H3,(H2,12,15). The number of amides is 1. The third-order valence-electron chi connectivity index (χ3n) is 3.89. The average Bonchev–Trinajstić information content (AvgIpc) is 2.72. The van der Waals surface area contributed by atoms with E-state index in [2.05, 4.69) is 17.1 Å². The SMILES string of the molecule is CCC1C2CNCC2CN1CCC(N)=O. The summed E-state index contributed by atoms with van der Waals surface area (Å²) >= 11 is 0. The van der Waals surface area contributed by atoms with Crippen LogP contribution >= 0.6 is 0 Å². The van der Waals surface area contributed by atoms with Crippen LogP contribution in [0.5, 0.6) is 0 Å². The van der Waals surface area contributed by atoms with Crippen LogP contribution in [0, 0.1) is 11.8 Å². The number of nitrogens with one attached hydrogen (secondary N) is 1. The van der Waals surface area contributed by atoms with Crippen LogP contribution < -0.4 is 11.1 Å². The van der Waals surface area contributed by atoms with E-state index in [0.29, 0.717) is 12.5 Å². The highest BCUT2D eigenvalue weighted by Gasteiger charge is 2.42. The molecule has 2 saturated heterocycles. The molecular formula is C11H21N3O. The van der Waals surface area contributed by atoms with Crippen LogP contribution in [0.3, 0.4) is 0 Å². The summed E-state index contributed by atoms with van der Waals surface area (Å²) in [6.45, 7) is 6.53. The van der Waals surface area contributed by atoms with Gasteiger partial charge in [0, 0.05) is 25.6 Å². The fourth-order valence-electron chi connectivity index (χ4n) is 3.18. The lowest BCUT2D eigenvalue weighted by Crippen LogP contribution is -2.37. The van der Waals surface area contributed by atoms with Crippen molar-refractivity contribution in [2.75, 3.05) is 26.2 Å². The number of rotatable bonds is 4. The number of nitrogens with two attached hydrogens (primary N) is 1. The molecule has 0 bridgehead atoms. The largest absolute Gasteiger partial charge is 0.370 e. The van der Waals surface area contributed by atoms with E-state index in [-0.39, 0.29) is 5.91 Å². The van der Waals surface area contributed by atoms with Crippen molar-refractivity contribution in [2.45, 2.75) is 25.8 Å². The molecule has 15 heavy (non-hydrogen) atoms. The Bertz CT molecular complexity index is 244. The summed E-state index contributed by atoms with van der Waals surface area (Å²) in [6.07, 6.45) is 1.69. The predicted molar refractivity (Wildman–Crippen MR) is 59.3 cm³/mol. The highest BCUT2D eigenvalue weighted by Crippen LogP contribution is 2.33. The van der Waals surface area contributed by atoms with Crippen molar-refractivity contribution in [2.24, 2.45) is 17.6 Å². The molecule has 3 N–H and O–H groups in total. The fourth-order valence-corrected chi connectivity index (χ4v) is 3.18. The topological polar surface area (TPSA) is 58.4 Å². The van der Waals surface area contributed by atoms with Gasteiger partial charge in [-0.2, -0.15) is 0 Å². The van der Waals surface area contributed by atoms with E-state index in [1.54, 1.807) is 0 Å². The van der Waals surface area contributed by atoms with Crippen LogP contribution in [0.25, 0.3) is 0 Å². The summed E-state index contributed by atoms with van der Waals surface area (Å²) in [4.78, 5) is 13.2. The normalized spacial score (nSPS) is 35.7. The molecule has 0 aromatic carbocycles. The number of hydrogen-bond acceptors (Lipinski definition) is 3. The van der Waals surface area contributed by atoms with E-state index in [4.69, 9.17) is 5.73 Å². The van der Waals surface area contributed by atoms with Crippen LogP contribution in [-0.4, -0.2) is 43.0 Å². The molecule has 1 amide bonds. The second-order valence-electron chi connectivity index (χ2n) is 4.77. The number of nitrogens with zero attached hydrogens (tertiary/aromatic N) is 1. The Labute approximate surface area is 91.2 Å². The summed E-state index contributed by atoms with van der Waals surface area (Å²) in [5, 5.41) is 3.46. The van der Waals surface area contributed by atoms with Gasteiger partial charge in [-0.3, -0.25) is 9.69 Å². The number of fused-ring (bicyclic) bond motifs is 1. The van der Waals surface area contributed by atoms with Gasteiger partial charge in [0.05, 0.1) is 0 Å². The summed E-state index contributed by atoms with van der Waals surface area (Å²) in [5.41, 5.74) is 5.20. The van der Waals surface area contributed by atoms with E-state index >= 15 is 0 Å². The molecule has 2 aliphatic rings. The van der Waals surface area contributed by atoms with Gasteiger partial charge in [-0.25, -0.2) is 0 Å². The van der Waals surface area contributed by atoms with Gasteiger partial charge in [0.25, 0.3) is 0 Å². The first-order valence-corrected chi connectivity index (χ1v) is 5.95. The van der Waals surface area contributed by atoms with E-state index in [9.17, 15) is 4.79 Å². The minimum Gasteiger partial charge on any atom is -0.370 e. The zero-order chi connectivity index (χ0) is 10.8. The molecule has 2 fully saturated rings.